The molecule has 1 atom stereocenters. The van der Waals surface area contributed by atoms with E-state index in [4.69, 9.17) is 14.2 Å². The number of esters is 2. The fourth-order valence-electron chi connectivity index (χ4n) is 4.37. The zero-order valence-corrected chi connectivity index (χ0v) is 17.9. The molecule has 2 aromatic rings. The number of unbranched alkanes of at least 4 members (excludes halogenated alkanes) is 2. The Kier molecular flexibility index (Phi) is 6.56. The molecular weight excluding hydrogens is 394 g/mol. The van der Waals surface area contributed by atoms with Gasteiger partial charge in [0.25, 0.3) is 0 Å². The molecule has 2 aliphatic heterocycles. The average molecular weight is 424 g/mol. The topological polar surface area (TPSA) is 65.1 Å². The lowest BCUT2D eigenvalue weighted by atomic mass is 9.93. The quantitative estimate of drug-likeness (QED) is 0.356. The molecule has 0 bridgehead atoms. The van der Waals surface area contributed by atoms with Gasteiger partial charge in [0.15, 0.2) is 0 Å². The summed E-state index contributed by atoms with van der Waals surface area (Å²) in [6.07, 6.45) is 4.81. The first-order chi connectivity index (χ1) is 15.1. The molecule has 1 unspecified atom stereocenters. The summed E-state index contributed by atoms with van der Waals surface area (Å²) < 4.78 is 17.2. The molecule has 6 heteroatoms. The third-order valence-electron chi connectivity index (χ3n) is 6.03. The van der Waals surface area contributed by atoms with Gasteiger partial charge in [-0.2, -0.15) is 0 Å². The van der Waals surface area contributed by atoms with Crippen LogP contribution in [0.15, 0.2) is 54.6 Å². The van der Waals surface area contributed by atoms with Gasteiger partial charge in [-0.05, 0) is 42.5 Å². The van der Waals surface area contributed by atoms with E-state index in [1.165, 1.54) is 0 Å². The number of carbonyl (C=O) groups excluding carboxylic acids is 2. The molecule has 2 aromatic carbocycles. The lowest BCUT2D eigenvalue weighted by molar-refractivity contribution is -0.294. The highest BCUT2D eigenvalue weighted by Gasteiger charge is 2.59. The fourth-order valence-corrected chi connectivity index (χ4v) is 4.37. The van der Waals surface area contributed by atoms with Crippen molar-refractivity contribution in [1.82, 2.24) is 4.90 Å². The van der Waals surface area contributed by atoms with Crippen molar-refractivity contribution in [3.63, 3.8) is 0 Å². The number of hydrogen-bond acceptors (Lipinski definition) is 6. The Bertz CT molecular complexity index is 880. The van der Waals surface area contributed by atoms with E-state index in [-0.39, 0.29) is 5.92 Å². The summed E-state index contributed by atoms with van der Waals surface area (Å²) in [6.45, 7) is 3.89. The monoisotopic (exact) mass is 423 g/mol. The molecule has 0 aliphatic carbocycles. The molecule has 2 heterocycles. The van der Waals surface area contributed by atoms with Crippen LogP contribution in [0.5, 0.6) is 5.75 Å². The average Bonchev–Trinajstić information content (AvgIpc) is 3.09. The minimum Gasteiger partial charge on any atom is -0.493 e. The molecular formula is C25H29NO5. The SMILES string of the molecule is CCCCCN1CCCC(COc2ccc(-c3ccccc3)cc2)C12OC(=O)C(=O)O2. The van der Waals surface area contributed by atoms with Gasteiger partial charge >= 0.3 is 17.8 Å². The van der Waals surface area contributed by atoms with Crippen LogP contribution in [0.2, 0.25) is 0 Å². The zero-order valence-electron chi connectivity index (χ0n) is 17.9. The number of rotatable bonds is 8. The highest BCUT2D eigenvalue weighted by molar-refractivity contribution is 6.31. The first kappa shape index (κ1) is 21.4. The van der Waals surface area contributed by atoms with Crippen LogP contribution < -0.4 is 4.74 Å². The Morgan fingerprint density at radius 1 is 0.968 bits per heavy atom. The molecule has 0 amide bonds. The van der Waals surface area contributed by atoms with Crippen LogP contribution in [0, 0.1) is 5.92 Å². The van der Waals surface area contributed by atoms with Gasteiger partial charge in [-0.1, -0.05) is 62.2 Å². The summed E-state index contributed by atoms with van der Waals surface area (Å²) in [4.78, 5) is 25.9. The largest absolute Gasteiger partial charge is 0.493 e. The van der Waals surface area contributed by atoms with Gasteiger partial charge in [-0.3, -0.25) is 0 Å². The molecule has 0 radical (unpaired) electrons. The third-order valence-corrected chi connectivity index (χ3v) is 6.03. The van der Waals surface area contributed by atoms with E-state index in [2.05, 4.69) is 19.1 Å². The van der Waals surface area contributed by atoms with Gasteiger partial charge in [0.05, 0.1) is 5.92 Å². The third kappa shape index (κ3) is 4.59. The number of nitrogens with zero attached hydrogens (tertiary/aromatic N) is 1. The molecule has 0 N–H and O–H groups in total. The maximum atomic E-state index is 12.0. The molecule has 6 nitrogen and oxygen atoms in total. The molecule has 0 aromatic heterocycles. The number of piperidine rings is 1. The molecule has 2 saturated heterocycles. The van der Waals surface area contributed by atoms with Gasteiger partial charge in [0, 0.05) is 13.1 Å². The first-order valence-corrected chi connectivity index (χ1v) is 11.1. The van der Waals surface area contributed by atoms with E-state index in [0.717, 1.165) is 62.1 Å². The zero-order chi connectivity index (χ0) is 21.7. The number of ether oxygens (including phenoxy) is 3. The summed E-state index contributed by atoms with van der Waals surface area (Å²) in [7, 11) is 0. The highest BCUT2D eigenvalue weighted by Crippen LogP contribution is 2.40. The van der Waals surface area contributed by atoms with Crippen molar-refractivity contribution in [1.29, 1.82) is 0 Å². The summed E-state index contributed by atoms with van der Waals surface area (Å²) in [5.41, 5.74) is 2.26. The van der Waals surface area contributed by atoms with Gasteiger partial charge < -0.3 is 14.2 Å². The highest BCUT2D eigenvalue weighted by atomic mass is 16.8. The Balaban J connectivity index is 1.46. The second-order valence-electron chi connectivity index (χ2n) is 8.14. The van der Waals surface area contributed by atoms with Crippen LogP contribution >= 0.6 is 0 Å². The number of benzene rings is 2. The summed E-state index contributed by atoms with van der Waals surface area (Å²) in [5.74, 6) is -2.69. The predicted octanol–water partition coefficient (Wildman–Crippen LogP) is 4.39. The van der Waals surface area contributed by atoms with Gasteiger partial charge in [-0.25, -0.2) is 14.5 Å². The Labute approximate surface area is 183 Å². The number of hydrogen-bond donors (Lipinski definition) is 0. The summed E-state index contributed by atoms with van der Waals surface area (Å²) in [5, 5.41) is 0. The van der Waals surface area contributed by atoms with Crippen LogP contribution in [-0.4, -0.2) is 42.4 Å². The first-order valence-electron chi connectivity index (χ1n) is 11.1. The second kappa shape index (κ2) is 9.52. The molecule has 4 rings (SSSR count). The molecule has 2 aliphatic rings. The maximum absolute atomic E-state index is 12.0. The minimum atomic E-state index is -1.34. The van der Waals surface area contributed by atoms with Crippen molar-refractivity contribution >= 4 is 11.9 Å². The molecule has 2 fully saturated rings. The van der Waals surface area contributed by atoms with Crippen molar-refractivity contribution in [2.24, 2.45) is 5.92 Å². The van der Waals surface area contributed by atoms with E-state index in [1.807, 2.05) is 47.4 Å². The lowest BCUT2D eigenvalue weighted by Gasteiger charge is -2.45. The van der Waals surface area contributed by atoms with E-state index in [9.17, 15) is 9.59 Å². The Morgan fingerprint density at radius 2 is 1.65 bits per heavy atom. The van der Waals surface area contributed by atoms with Crippen LogP contribution in [-0.2, 0) is 19.1 Å². The van der Waals surface area contributed by atoms with Crippen LogP contribution in [0.25, 0.3) is 11.1 Å². The van der Waals surface area contributed by atoms with Crippen molar-refractivity contribution in [2.75, 3.05) is 19.7 Å². The van der Waals surface area contributed by atoms with Crippen molar-refractivity contribution < 1.29 is 23.8 Å². The standard InChI is InChI=1S/C25H29NO5/c1-2-3-7-16-26-17-8-11-21(25(26)30-23(27)24(28)31-25)18-29-22-14-12-20(13-15-22)19-9-5-4-6-10-19/h4-6,9-10,12-15,21H,2-3,7-8,11,16-18H2,1H3. The predicted molar refractivity (Wildman–Crippen MR) is 116 cm³/mol. The van der Waals surface area contributed by atoms with E-state index in [1.54, 1.807) is 0 Å². The van der Waals surface area contributed by atoms with Crippen molar-refractivity contribution in [2.45, 2.75) is 44.9 Å². The summed E-state index contributed by atoms with van der Waals surface area (Å²) in [6, 6.07) is 18.1. The fraction of sp³-hybridized carbons (Fsp3) is 0.440. The van der Waals surface area contributed by atoms with E-state index >= 15 is 0 Å². The second-order valence-corrected chi connectivity index (χ2v) is 8.14. The van der Waals surface area contributed by atoms with Gasteiger partial charge in [0.2, 0.25) is 0 Å². The number of carbonyl (C=O) groups is 2. The van der Waals surface area contributed by atoms with Crippen LogP contribution in [0.4, 0.5) is 0 Å². The maximum Gasteiger partial charge on any atom is 0.421 e. The normalized spacial score (nSPS) is 20.5. The Hall–Kier alpha value is -2.86. The molecule has 31 heavy (non-hydrogen) atoms. The van der Waals surface area contributed by atoms with Gasteiger partial charge in [0.1, 0.15) is 12.4 Å². The van der Waals surface area contributed by atoms with E-state index < -0.39 is 17.8 Å². The van der Waals surface area contributed by atoms with Crippen molar-refractivity contribution in [3.05, 3.63) is 54.6 Å². The van der Waals surface area contributed by atoms with Gasteiger partial charge in [-0.15, -0.1) is 0 Å². The lowest BCUT2D eigenvalue weighted by Crippen LogP contribution is -2.60. The minimum absolute atomic E-state index is 0.243. The summed E-state index contributed by atoms with van der Waals surface area (Å²) >= 11 is 0. The van der Waals surface area contributed by atoms with Crippen molar-refractivity contribution in [3.8, 4) is 16.9 Å². The smallest absolute Gasteiger partial charge is 0.421 e. The molecule has 1 spiro atoms. The van der Waals surface area contributed by atoms with E-state index in [0.29, 0.717) is 6.61 Å². The molecule has 0 saturated carbocycles. The van der Waals surface area contributed by atoms with Crippen LogP contribution in [0.3, 0.4) is 0 Å². The number of likely N-dealkylation sites (tertiary alicyclic amines) is 1. The molecule has 164 valence electrons. The van der Waals surface area contributed by atoms with Crippen LogP contribution in [0.1, 0.15) is 39.0 Å². The Morgan fingerprint density at radius 3 is 2.32 bits per heavy atom.